The van der Waals surface area contributed by atoms with E-state index in [0.717, 1.165) is 16.5 Å². The number of carboxylic acids is 1. The fraction of sp³-hybridized carbons (Fsp3) is 0.519. The van der Waals surface area contributed by atoms with Crippen molar-refractivity contribution in [3.63, 3.8) is 0 Å². The molecule has 4 unspecified atom stereocenters. The van der Waals surface area contributed by atoms with Gasteiger partial charge in [-0.05, 0) is 56.2 Å². The molecule has 0 saturated heterocycles. The van der Waals surface area contributed by atoms with Crippen molar-refractivity contribution in [1.82, 2.24) is 20.9 Å². The number of para-hydroxylation sites is 1. The molecule has 0 aliphatic carbocycles. The van der Waals surface area contributed by atoms with Gasteiger partial charge in [-0.1, -0.05) is 32.0 Å². The Balaban J connectivity index is 2.14. The number of benzene rings is 1. The summed E-state index contributed by atoms with van der Waals surface area (Å²) in [4.78, 5) is 65.6. The number of primary amides is 1. The maximum absolute atomic E-state index is 13.2. The number of carboxylic acid groups (broad SMARTS) is 1. The number of aromatic nitrogens is 1. The SMILES string of the molecule is CC(C)CC(NC(=O)C(CCCCN)NC(=O)C(CC(N)=O)NC(=O)C(N)Cc1c[nH]c2ccccc12)C(=O)O. The quantitative estimate of drug-likeness (QED) is 0.119. The average Bonchev–Trinajstić information content (AvgIpc) is 3.29. The minimum atomic E-state index is -1.39. The highest BCUT2D eigenvalue weighted by atomic mass is 16.4. The first-order valence-corrected chi connectivity index (χ1v) is 13.4. The van der Waals surface area contributed by atoms with Crippen molar-refractivity contribution in [2.45, 2.75) is 76.5 Å². The van der Waals surface area contributed by atoms with Crippen LogP contribution in [0.3, 0.4) is 0 Å². The van der Waals surface area contributed by atoms with Crippen molar-refractivity contribution in [2.24, 2.45) is 23.1 Å². The molecular weight excluding hydrogens is 518 g/mol. The van der Waals surface area contributed by atoms with Gasteiger partial charge in [-0.2, -0.15) is 0 Å². The molecule has 0 saturated carbocycles. The summed E-state index contributed by atoms with van der Waals surface area (Å²) in [5.74, 6) is -4.25. The fourth-order valence-corrected chi connectivity index (χ4v) is 4.32. The van der Waals surface area contributed by atoms with Crippen LogP contribution in [-0.2, 0) is 30.4 Å². The number of hydrogen-bond acceptors (Lipinski definition) is 7. The standard InChI is InChI=1S/C27H41N7O6/c1-15(2)11-22(27(39)40)34-25(37)20(9-5-6-10-28)32-26(38)21(13-23(30)35)33-24(36)18(29)12-16-14-31-19-8-4-3-7-17(16)19/h3-4,7-8,14-15,18,20-22,31H,5-6,9-13,28-29H2,1-2H3,(H2,30,35)(H,32,38)(H,33,36)(H,34,37)(H,39,40). The Morgan fingerprint density at radius 2 is 1.55 bits per heavy atom. The van der Waals surface area contributed by atoms with Crippen LogP contribution in [-0.4, -0.2) is 70.4 Å². The van der Waals surface area contributed by atoms with Gasteiger partial charge in [0, 0.05) is 17.1 Å². The lowest BCUT2D eigenvalue weighted by Crippen LogP contribution is -2.58. The Morgan fingerprint density at radius 1 is 0.925 bits per heavy atom. The van der Waals surface area contributed by atoms with Gasteiger partial charge in [0.2, 0.25) is 23.6 Å². The summed E-state index contributed by atoms with van der Waals surface area (Å²) in [5.41, 5.74) is 18.7. The zero-order chi connectivity index (χ0) is 29.8. The Labute approximate surface area is 233 Å². The first-order valence-electron chi connectivity index (χ1n) is 13.4. The molecule has 0 bridgehead atoms. The first-order chi connectivity index (χ1) is 18.9. The number of aliphatic carboxylic acids is 1. The summed E-state index contributed by atoms with van der Waals surface area (Å²) in [7, 11) is 0. The highest BCUT2D eigenvalue weighted by Gasteiger charge is 2.31. The van der Waals surface area contributed by atoms with Crippen molar-refractivity contribution in [3.05, 3.63) is 36.0 Å². The number of carbonyl (C=O) groups excluding carboxylic acids is 4. The van der Waals surface area contributed by atoms with Crippen LogP contribution in [0.1, 0.15) is 51.5 Å². The third-order valence-electron chi connectivity index (χ3n) is 6.39. The number of rotatable bonds is 17. The molecule has 0 aliphatic rings. The molecule has 11 N–H and O–H groups in total. The molecule has 1 aromatic heterocycles. The second-order valence-electron chi connectivity index (χ2n) is 10.3. The summed E-state index contributed by atoms with van der Waals surface area (Å²) in [6.45, 7) is 4.01. The van der Waals surface area contributed by atoms with E-state index in [2.05, 4.69) is 20.9 Å². The van der Waals surface area contributed by atoms with Crippen LogP contribution in [0.15, 0.2) is 30.5 Å². The zero-order valence-electron chi connectivity index (χ0n) is 22.9. The predicted molar refractivity (Wildman–Crippen MR) is 150 cm³/mol. The number of hydrogen-bond donors (Lipinski definition) is 8. The average molecular weight is 560 g/mol. The molecule has 1 aromatic carbocycles. The Bertz CT molecular complexity index is 1180. The number of amides is 4. The smallest absolute Gasteiger partial charge is 0.326 e. The minimum Gasteiger partial charge on any atom is -0.480 e. The highest BCUT2D eigenvalue weighted by Crippen LogP contribution is 2.19. The topological polar surface area (TPSA) is 236 Å². The molecule has 4 atom stereocenters. The summed E-state index contributed by atoms with van der Waals surface area (Å²) >= 11 is 0. The van der Waals surface area contributed by atoms with E-state index in [9.17, 15) is 29.1 Å². The molecule has 40 heavy (non-hydrogen) atoms. The summed E-state index contributed by atoms with van der Waals surface area (Å²) in [6, 6.07) is 2.80. The number of carbonyl (C=O) groups is 5. The molecule has 2 aromatic rings. The van der Waals surface area contributed by atoms with Gasteiger partial charge >= 0.3 is 5.97 Å². The second kappa shape index (κ2) is 15.6. The molecule has 0 radical (unpaired) electrons. The summed E-state index contributed by atoms with van der Waals surface area (Å²) in [6.07, 6.45) is 2.78. The lowest BCUT2D eigenvalue weighted by atomic mass is 10.0. The van der Waals surface area contributed by atoms with Crippen LogP contribution in [0.4, 0.5) is 0 Å². The fourth-order valence-electron chi connectivity index (χ4n) is 4.32. The van der Waals surface area contributed by atoms with Gasteiger partial charge in [-0.15, -0.1) is 0 Å². The number of H-pyrrole nitrogens is 1. The summed E-state index contributed by atoms with van der Waals surface area (Å²) < 4.78 is 0. The van der Waals surface area contributed by atoms with Crippen molar-refractivity contribution >= 4 is 40.5 Å². The lowest BCUT2D eigenvalue weighted by molar-refractivity contribution is -0.143. The largest absolute Gasteiger partial charge is 0.480 e. The summed E-state index contributed by atoms with van der Waals surface area (Å²) in [5, 5.41) is 17.9. The molecule has 2 rings (SSSR count). The van der Waals surface area contributed by atoms with Crippen molar-refractivity contribution in [3.8, 4) is 0 Å². The van der Waals surface area contributed by atoms with Gasteiger partial charge in [0.1, 0.15) is 18.1 Å². The third-order valence-corrected chi connectivity index (χ3v) is 6.39. The van der Waals surface area contributed by atoms with Crippen molar-refractivity contribution in [1.29, 1.82) is 0 Å². The maximum Gasteiger partial charge on any atom is 0.326 e. The van der Waals surface area contributed by atoms with Crippen molar-refractivity contribution < 1.29 is 29.1 Å². The van der Waals surface area contributed by atoms with E-state index in [1.54, 1.807) is 6.20 Å². The molecule has 1 heterocycles. The zero-order valence-corrected chi connectivity index (χ0v) is 22.9. The molecule has 0 aliphatic heterocycles. The number of nitrogens with two attached hydrogens (primary N) is 3. The molecule has 13 nitrogen and oxygen atoms in total. The third kappa shape index (κ3) is 9.97. The highest BCUT2D eigenvalue weighted by molar-refractivity contribution is 5.96. The van der Waals surface area contributed by atoms with Gasteiger partial charge in [0.05, 0.1) is 12.5 Å². The van der Waals surface area contributed by atoms with E-state index in [1.807, 2.05) is 38.1 Å². The number of unbranched alkanes of at least 4 members (excludes halogenated alkanes) is 1. The van der Waals surface area contributed by atoms with E-state index in [-0.39, 0.29) is 25.2 Å². The van der Waals surface area contributed by atoms with E-state index in [4.69, 9.17) is 17.2 Å². The molecule has 13 heteroatoms. The maximum atomic E-state index is 13.2. The Kier molecular flexibility index (Phi) is 12.6. The Morgan fingerprint density at radius 3 is 2.17 bits per heavy atom. The van der Waals surface area contributed by atoms with E-state index >= 15 is 0 Å². The normalized spacial score (nSPS) is 14.2. The van der Waals surface area contributed by atoms with Crippen LogP contribution >= 0.6 is 0 Å². The number of aromatic amines is 1. The van der Waals surface area contributed by atoms with Crippen LogP contribution in [0.25, 0.3) is 10.9 Å². The van der Waals surface area contributed by atoms with Crippen LogP contribution in [0.5, 0.6) is 0 Å². The van der Waals surface area contributed by atoms with E-state index in [0.29, 0.717) is 19.4 Å². The van der Waals surface area contributed by atoms with Gasteiger partial charge in [-0.3, -0.25) is 19.2 Å². The van der Waals surface area contributed by atoms with Gasteiger partial charge < -0.3 is 43.2 Å². The van der Waals surface area contributed by atoms with Crippen molar-refractivity contribution in [2.75, 3.05) is 6.54 Å². The molecule has 0 spiro atoms. The monoisotopic (exact) mass is 559 g/mol. The first kappa shape index (κ1) is 32.2. The molecule has 0 fully saturated rings. The van der Waals surface area contributed by atoms with E-state index < -0.39 is 60.2 Å². The van der Waals surface area contributed by atoms with Crippen LogP contribution in [0, 0.1) is 5.92 Å². The van der Waals surface area contributed by atoms with Gasteiger partial charge in [-0.25, -0.2) is 4.79 Å². The second-order valence-corrected chi connectivity index (χ2v) is 10.3. The molecular formula is C27H41N7O6. The minimum absolute atomic E-state index is 0.00435. The molecule has 4 amide bonds. The number of fused-ring (bicyclic) bond motifs is 1. The lowest BCUT2D eigenvalue weighted by Gasteiger charge is -2.25. The van der Waals surface area contributed by atoms with Crippen LogP contribution < -0.4 is 33.2 Å². The number of nitrogens with one attached hydrogen (secondary N) is 4. The van der Waals surface area contributed by atoms with Gasteiger partial charge in [0.25, 0.3) is 0 Å². The molecule has 220 valence electrons. The van der Waals surface area contributed by atoms with E-state index in [1.165, 1.54) is 0 Å². The Hall–Kier alpha value is -3.97. The predicted octanol–water partition coefficient (Wildman–Crippen LogP) is -0.373. The van der Waals surface area contributed by atoms with Gasteiger partial charge in [0.15, 0.2) is 0 Å². The van der Waals surface area contributed by atoms with Crippen LogP contribution in [0.2, 0.25) is 0 Å².